The Labute approximate surface area is 210 Å². The molecule has 10 heteroatoms. The standard InChI is InChI=1S/C26H29F2N5O2S/c1-17-22(15-29-26(25(17)28)36(34,35)31-24-10-6-9-23(27)30-24)32(2)21-13-19-11-12-20(14-21)33(19)16-18-7-4-3-5-8-18/h3-10,15,19-21H,11-14,16H2,1-2H3,(H,30,31)/t19-,20+,21-. The second-order valence-electron chi connectivity index (χ2n) is 9.62. The van der Waals surface area contributed by atoms with Crippen molar-refractivity contribution in [1.29, 1.82) is 0 Å². The van der Waals surface area contributed by atoms with E-state index in [0.717, 1.165) is 38.3 Å². The predicted octanol–water partition coefficient (Wildman–Crippen LogP) is 4.50. The van der Waals surface area contributed by atoms with Crippen LogP contribution in [0.5, 0.6) is 0 Å². The van der Waals surface area contributed by atoms with Crippen LogP contribution >= 0.6 is 0 Å². The predicted molar refractivity (Wildman–Crippen MR) is 134 cm³/mol. The summed E-state index contributed by atoms with van der Waals surface area (Å²) >= 11 is 0. The lowest BCUT2D eigenvalue weighted by Crippen LogP contribution is -2.49. The highest BCUT2D eigenvalue weighted by atomic mass is 32.2. The number of halogens is 2. The molecule has 2 bridgehead atoms. The molecule has 0 aliphatic carbocycles. The van der Waals surface area contributed by atoms with Crippen LogP contribution in [0.25, 0.3) is 0 Å². The van der Waals surface area contributed by atoms with Gasteiger partial charge in [0.1, 0.15) is 5.82 Å². The van der Waals surface area contributed by atoms with Crippen LogP contribution in [0.3, 0.4) is 0 Å². The molecule has 3 atom stereocenters. The number of hydrogen-bond acceptors (Lipinski definition) is 6. The summed E-state index contributed by atoms with van der Waals surface area (Å²) in [5.74, 6) is -2.01. The first-order valence-corrected chi connectivity index (χ1v) is 13.5. The molecular weight excluding hydrogens is 484 g/mol. The molecule has 1 aromatic carbocycles. The third kappa shape index (κ3) is 4.79. The van der Waals surface area contributed by atoms with E-state index in [0.29, 0.717) is 17.8 Å². The van der Waals surface area contributed by atoms with Gasteiger partial charge >= 0.3 is 0 Å². The number of sulfonamides is 1. The average Bonchev–Trinajstić information content (AvgIpc) is 3.07. The highest BCUT2D eigenvalue weighted by Gasteiger charge is 2.42. The highest BCUT2D eigenvalue weighted by molar-refractivity contribution is 7.92. The molecule has 2 fully saturated rings. The molecule has 0 spiro atoms. The Hall–Kier alpha value is -3.11. The van der Waals surface area contributed by atoms with Crippen LogP contribution in [0.15, 0.2) is 59.8 Å². The van der Waals surface area contributed by atoms with Gasteiger partial charge in [0.2, 0.25) is 11.0 Å². The van der Waals surface area contributed by atoms with Gasteiger partial charge in [0, 0.05) is 37.3 Å². The van der Waals surface area contributed by atoms with E-state index in [-0.39, 0.29) is 17.4 Å². The minimum Gasteiger partial charge on any atom is -0.370 e. The van der Waals surface area contributed by atoms with E-state index >= 15 is 4.39 Å². The number of rotatable bonds is 7. The van der Waals surface area contributed by atoms with Crippen LogP contribution in [0.4, 0.5) is 20.3 Å². The van der Waals surface area contributed by atoms with Crippen LogP contribution in [0.2, 0.25) is 0 Å². The molecule has 36 heavy (non-hydrogen) atoms. The molecule has 0 amide bonds. The average molecular weight is 514 g/mol. The molecule has 7 nitrogen and oxygen atoms in total. The lowest BCUT2D eigenvalue weighted by atomic mass is 9.95. The Balaban J connectivity index is 1.32. The van der Waals surface area contributed by atoms with E-state index in [9.17, 15) is 12.8 Å². The molecule has 5 rings (SSSR count). The molecule has 0 saturated carbocycles. The zero-order chi connectivity index (χ0) is 25.4. The van der Waals surface area contributed by atoms with Gasteiger partial charge in [-0.1, -0.05) is 36.4 Å². The Bertz CT molecular complexity index is 1340. The van der Waals surface area contributed by atoms with Gasteiger partial charge in [-0.3, -0.25) is 9.62 Å². The summed E-state index contributed by atoms with van der Waals surface area (Å²) < 4.78 is 56.3. The van der Waals surface area contributed by atoms with Gasteiger partial charge in [0.15, 0.2) is 5.82 Å². The monoisotopic (exact) mass is 513 g/mol. The number of piperidine rings is 1. The van der Waals surface area contributed by atoms with Gasteiger partial charge in [0.05, 0.1) is 11.9 Å². The van der Waals surface area contributed by atoms with Crippen molar-refractivity contribution < 1.29 is 17.2 Å². The summed E-state index contributed by atoms with van der Waals surface area (Å²) in [7, 11) is -2.47. The zero-order valence-corrected chi connectivity index (χ0v) is 21.0. The van der Waals surface area contributed by atoms with E-state index in [1.54, 1.807) is 6.92 Å². The van der Waals surface area contributed by atoms with Crippen LogP contribution < -0.4 is 9.62 Å². The topological polar surface area (TPSA) is 78.4 Å². The maximum absolute atomic E-state index is 15.3. The number of pyridine rings is 2. The van der Waals surface area contributed by atoms with Gasteiger partial charge < -0.3 is 4.90 Å². The summed E-state index contributed by atoms with van der Waals surface area (Å²) in [5.41, 5.74) is 2.08. The first-order chi connectivity index (χ1) is 17.2. The SMILES string of the molecule is Cc1c(N(C)[C@@H]2C[C@H]3CC[C@@H](C2)N3Cc2ccccc2)cnc(S(=O)(=O)Nc2cccc(F)n2)c1F. The fourth-order valence-corrected chi connectivity index (χ4v) is 6.62. The summed E-state index contributed by atoms with van der Waals surface area (Å²) in [4.78, 5) is 12.1. The Morgan fingerprint density at radius 1 is 1.06 bits per heavy atom. The number of aromatic nitrogens is 2. The van der Waals surface area contributed by atoms with E-state index in [2.05, 4.69) is 43.9 Å². The molecule has 2 aromatic heterocycles. The Kier molecular flexibility index (Phi) is 6.65. The molecule has 0 unspecified atom stereocenters. The number of anilines is 2. The minimum absolute atomic E-state index is 0.200. The van der Waals surface area contributed by atoms with Crippen molar-refractivity contribution in [2.45, 2.75) is 62.3 Å². The number of benzene rings is 1. The van der Waals surface area contributed by atoms with Gasteiger partial charge in [0.25, 0.3) is 10.0 Å². The van der Waals surface area contributed by atoms with Crippen molar-refractivity contribution in [1.82, 2.24) is 14.9 Å². The number of nitrogens with zero attached hydrogens (tertiary/aromatic N) is 4. The largest absolute Gasteiger partial charge is 0.370 e. The lowest BCUT2D eigenvalue weighted by molar-refractivity contribution is 0.118. The van der Waals surface area contributed by atoms with E-state index in [1.807, 2.05) is 18.0 Å². The maximum atomic E-state index is 15.3. The second kappa shape index (κ2) is 9.74. The van der Waals surface area contributed by atoms with Crippen molar-refractivity contribution in [3.8, 4) is 0 Å². The van der Waals surface area contributed by atoms with E-state index in [1.165, 1.54) is 23.9 Å². The highest BCUT2D eigenvalue weighted by Crippen LogP contribution is 2.40. The van der Waals surface area contributed by atoms with E-state index < -0.39 is 26.8 Å². The molecule has 2 aliphatic rings. The van der Waals surface area contributed by atoms with Crippen LogP contribution in [-0.4, -0.2) is 48.5 Å². The molecule has 1 N–H and O–H groups in total. The Morgan fingerprint density at radius 3 is 2.42 bits per heavy atom. The van der Waals surface area contributed by atoms with Crippen molar-refractivity contribution in [2.75, 3.05) is 16.7 Å². The third-order valence-corrected chi connectivity index (χ3v) is 8.68. The first-order valence-electron chi connectivity index (χ1n) is 12.1. The quantitative estimate of drug-likeness (QED) is 0.469. The van der Waals surface area contributed by atoms with Crippen LogP contribution in [0, 0.1) is 18.7 Å². The number of fused-ring (bicyclic) bond motifs is 2. The van der Waals surface area contributed by atoms with E-state index in [4.69, 9.17) is 0 Å². The molecular formula is C26H29F2N5O2S. The first kappa shape index (κ1) is 24.6. The second-order valence-corrected chi connectivity index (χ2v) is 11.2. The zero-order valence-electron chi connectivity index (χ0n) is 20.2. The number of nitrogens with one attached hydrogen (secondary N) is 1. The van der Waals surface area contributed by atoms with Crippen molar-refractivity contribution >= 4 is 21.5 Å². The molecule has 2 saturated heterocycles. The smallest absolute Gasteiger partial charge is 0.283 e. The molecule has 4 heterocycles. The minimum atomic E-state index is -4.39. The van der Waals surface area contributed by atoms with Gasteiger partial charge in [-0.05, 0) is 50.3 Å². The maximum Gasteiger partial charge on any atom is 0.283 e. The summed E-state index contributed by atoms with van der Waals surface area (Å²) in [6.45, 7) is 2.49. The normalized spacial score (nSPS) is 21.9. The van der Waals surface area contributed by atoms with Crippen molar-refractivity contribution in [2.24, 2.45) is 0 Å². The molecule has 2 aliphatic heterocycles. The van der Waals surface area contributed by atoms with Crippen molar-refractivity contribution in [3.63, 3.8) is 0 Å². The fourth-order valence-electron chi connectivity index (χ4n) is 5.55. The molecule has 0 radical (unpaired) electrons. The van der Waals surface area contributed by atoms with Crippen LogP contribution in [-0.2, 0) is 16.6 Å². The summed E-state index contributed by atoms with van der Waals surface area (Å²) in [6, 6.07) is 15.3. The summed E-state index contributed by atoms with van der Waals surface area (Å²) in [6.07, 6.45) is 5.60. The van der Waals surface area contributed by atoms with Crippen LogP contribution in [0.1, 0.15) is 36.8 Å². The fraction of sp³-hybridized carbons (Fsp3) is 0.385. The van der Waals surface area contributed by atoms with Crippen molar-refractivity contribution in [3.05, 3.63) is 77.6 Å². The molecule has 3 aromatic rings. The van der Waals surface area contributed by atoms with Gasteiger partial charge in [-0.2, -0.15) is 12.8 Å². The molecule has 190 valence electrons. The number of hydrogen-bond donors (Lipinski definition) is 1. The van der Waals surface area contributed by atoms with Gasteiger partial charge in [-0.25, -0.2) is 14.4 Å². The Morgan fingerprint density at radius 2 is 1.75 bits per heavy atom. The van der Waals surface area contributed by atoms with Gasteiger partial charge in [-0.15, -0.1) is 0 Å². The lowest BCUT2D eigenvalue weighted by Gasteiger charge is -2.43. The summed E-state index contributed by atoms with van der Waals surface area (Å²) in [5, 5.41) is -0.735. The third-order valence-electron chi connectivity index (χ3n) is 7.41.